The first-order valence-electron chi connectivity index (χ1n) is 37.8. The van der Waals surface area contributed by atoms with Crippen molar-refractivity contribution < 1.29 is 149 Å². The van der Waals surface area contributed by atoms with E-state index in [1.165, 1.54) is 53.8 Å². The van der Waals surface area contributed by atoms with Crippen molar-refractivity contribution in [2.75, 3.05) is 57.3 Å². The first-order chi connectivity index (χ1) is 63.9. The summed E-state index contributed by atoms with van der Waals surface area (Å²) < 4.78 is 193. The molecule has 1 amide bonds. The van der Waals surface area contributed by atoms with Gasteiger partial charge < -0.3 is 68.6 Å². The molecular weight excluding hydrogens is 1990 g/mol. The Bertz CT molecular complexity index is 5910. The van der Waals surface area contributed by atoms with Gasteiger partial charge >= 0.3 is 65.8 Å². The van der Waals surface area contributed by atoms with Crippen molar-refractivity contribution in [2.45, 2.75) is 131 Å². The maximum atomic E-state index is 14.6. The maximum absolute atomic E-state index is 14.6. The highest BCUT2D eigenvalue weighted by molar-refractivity contribution is 6.61. The molecule has 4 aromatic carbocycles. The molecule has 0 aliphatic rings. The van der Waals surface area contributed by atoms with Gasteiger partial charge in [-0.25, -0.2) is 70.6 Å². The fraction of sp³-hybridized carbons (Fsp3) is 0.307. The van der Waals surface area contributed by atoms with Gasteiger partial charge in [0.15, 0.2) is 23.0 Å². The van der Waals surface area contributed by atoms with E-state index in [9.17, 15) is 77.5 Å². The fourth-order valence-electron chi connectivity index (χ4n) is 9.14. The summed E-state index contributed by atoms with van der Waals surface area (Å²) in [4.78, 5) is 163. The fourth-order valence-corrected chi connectivity index (χ4v) is 10.0. The molecule has 0 aliphatic carbocycles. The molecule has 6 aromatic heterocycles. The Hall–Kier alpha value is -14.9. The molecule has 0 bridgehead atoms. The Labute approximate surface area is 818 Å². The van der Waals surface area contributed by atoms with Gasteiger partial charge in [-0.1, -0.05) is 111 Å². The molecule has 0 radical (unpaired) electrons. The van der Waals surface area contributed by atoms with Gasteiger partial charge in [0.05, 0.1) is 89.1 Å². The average molecular weight is 2090 g/mol. The lowest BCUT2D eigenvalue weighted by atomic mass is 10.2. The number of nitrogens with two attached hydrogens (primary N) is 2. The second kappa shape index (κ2) is 70.7. The minimum absolute atomic E-state index is 0. The molecule has 0 saturated heterocycles. The molecule has 52 heteroatoms. The molecule has 10 rings (SSSR count). The van der Waals surface area contributed by atoms with Gasteiger partial charge in [-0.3, -0.25) is 19.5 Å². The summed E-state index contributed by atoms with van der Waals surface area (Å²) >= 11 is 28.7. The number of allylic oxidation sites excluding steroid dienone is 1. The van der Waals surface area contributed by atoms with E-state index in [1.807, 2.05) is 27.7 Å². The summed E-state index contributed by atoms with van der Waals surface area (Å²) in [6.45, 7) is 17.0. The van der Waals surface area contributed by atoms with Crippen LogP contribution in [-0.2, 0) is 76.8 Å². The third-order valence-electron chi connectivity index (χ3n) is 14.4. The monoisotopic (exact) mass is 2090 g/mol. The predicted octanol–water partition coefficient (Wildman–Crippen LogP) is 20.3. The molecule has 6 heterocycles. The van der Waals surface area contributed by atoms with Crippen molar-refractivity contribution in [3.05, 3.63) is 242 Å². The molecule has 10 aromatic rings. The lowest BCUT2D eigenvalue weighted by Gasteiger charge is -2.16. The Morgan fingerprint density at radius 2 is 0.779 bits per heavy atom. The van der Waals surface area contributed by atoms with E-state index in [-0.39, 0.29) is 178 Å². The number of esters is 1. The van der Waals surface area contributed by atoms with Crippen LogP contribution in [0.25, 0.3) is 11.4 Å². The topological polar surface area (TPSA) is 504 Å². The number of ether oxygens (including phenoxy) is 11. The standard InChI is InChI=1S/C20H16ClF4N3O4.C19H14ClF4N3O4.C17H18ClFN2O4.C14H14ClFN2O2.C6H11NO2.C3H5ClO2.4CO2.5CH4/c1-3-7-31-18-14(5-4-6-26-18)32-15-9-13(12(22)8-11(15)21)28-17(29)10-16(20(23,24)25)27(2)19(28)30;1-2-6-30-17-13(4-3-5-25-17)31-14-8-12(11(21)7-10(14)20)27-16(28)9-15(19(22,23)24)26-18(27)29;1-3-8-24-16-14(6-5-7-20-16)25-15-10-13(12(19)9-11(15)18)21-17(22)23-4-2;1-2-6-19-14-12(4-3-5-18-14)20-13-8-11(17)10(16)7-9(13)15;1-3-9-6(8)4-5(2)7;1-2-6-3(4)5;4*2-1-3;;;;;/h4-6,8-10H,3,7H2,1-2H3;3-5,7-9H,2,6H2,1H3,(H,26,29);5-7,9-10H,3-4,8H2,1-2H3,(H,21,22);3-5,7-8H,2,6,17H2,1H3;4H,3,7H2,1-2H3;2H2,1H3;;;;;5*1H4/b;;;;5-4-;;;;;;;;;;. The van der Waals surface area contributed by atoms with E-state index in [2.05, 4.69) is 34.7 Å². The predicted molar refractivity (Wildman–Crippen MR) is 489 cm³/mol. The number of rotatable bonds is 27. The molecular formula is C88H98Cl5F10N11O26. The van der Waals surface area contributed by atoms with Gasteiger partial charge in [0, 0.05) is 91.6 Å². The molecule has 0 unspecified atom stereocenters. The second-order valence-electron chi connectivity index (χ2n) is 24.3. The van der Waals surface area contributed by atoms with Crippen LogP contribution in [0, 0.1) is 23.3 Å². The number of hydrogen-bond donors (Lipinski definition) is 4. The van der Waals surface area contributed by atoms with Gasteiger partial charge in [0.2, 0.25) is 0 Å². The molecule has 766 valence electrons. The summed E-state index contributed by atoms with van der Waals surface area (Å²) in [6.07, 6.45) is 0.685. The lowest BCUT2D eigenvalue weighted by Crippen LogP contribution is -2.41. The van der Waals surface area contributed by atoms with Crippen LogP contribution in [0.5, 0.6) is 69.5 Å². The summed E-state index contributed by atoms with van der Waals surface area (Å²) in [7, 11) is 0.819. The SMILES string of the molecule is C.C.C.C.C.CCCOc1ncccc1Oc1cc(-n2c(=O)cc(C(F)(F)F)[nH]c2=O)c(F)cc1Cl.CCCOc1ncccc1Oc1cc(-n2c(=O)cc(C(F)(F)F)n(C)c2=O)c(F)cc1Cl.CCCOc1ncccc1Oc1cc(N)c(F)cc1Cl.CCCOc1ncccc1Oc1cc(NC(=O)OCC)c(F)cc1Cl.CCOC(=O)/C=C(/C)N.CCOC(=O)Cl.O=C=O.O=C=O.O=C=O.O=C=O. The maximum Gasteiger partial charge on any atom is 0.431 e. The largest absolute Gasteiger partial charge is 0.475 e. The number of hydrogen-bond acceptors (Lipinski definition) is 32. The first-order valence-corrected chi connectivity index (χ1v) is 39.7. The van der Waals surface area contributed by atoms with Crippen molar-refractivity contribution in [2.24, 2.45) is 12.8 Å². The molecule has 140 heavy (non-hydrogen) atoms. The van der Waals surface area contributed by atoms with Crippen molar-refractivity contribution in [3.63, 3.8) is 0 Å². The Morgan fingerprint density at radius 3 is 1.09 bits per heavy atom. The second-order valence-corrected chi connectivity index (χ2v) is 26.2. The van der Waals surface area contributed by atoms with Gasteiger partial charge in [-0.2, -0.15) is 64.7 Å². The van der Waals surface area contributed by atoms with Crippen LogP contribution < -0.4 is 77.2 Å². The zero-order chi connectivity index (χ0) is 102. The lowest BCUT2D eigenvalue weighted by molar-refractivity contribution is -0.193. The van der Waals surface area contributed by atoms with Crippen LogP contribution in [-0.4, -0.2) is 127 Å². The number of aromatic nitrogens is 8. The summed E-state index contributed by atoms with van der Waals surface area (Å²) in [5, 5.41) is 2.02. The van der Waals surface area contributed by atoms with Crippen LogP contribution in [0.1, 0.15) is 130 Å². The highest BCUT2D eigenvalue weighted by Crippen LogP contribution is 2.42. The number of benzene rings is 4. The van der Waals surface area contributed by atoms with Gasteiger partial charge in [-0.15, -0.1) is 0 Å². The number of halogens is 15. The first kappa shape index (κ1) is 134. The number of alkyl halides is 6. The Kier molecular flexibility index (Phi) is 67.4. The van der Waals surface area contributed by atoms with E-state index in [4.69, 9.17) is 150 Å². The number of H-pyrrole nitrogens is 1. The van der Waals surface area contributed by atoms with E-state index < -0.39 is 92.4 Å². The Morgan fingerprint density at radius 1 is 0.457 bits per heavy atom. The smallest absolute Gasteiger partial charge is 0.431 e. The summed E-state index contributed by atoms with van der Waals surface area (Å²) in [5.74, 6) is -2.03. The molecule has 6 N–H and O–H groups in total. The molecule has 0 atom stereocenters. The summed E-state index contributed by atoms with van der Waals surface area (Å²) in [6, 6.07) is 21.3. The summed E-state index contributed by atoms with van der Waals surface area (Å²) in [5.41, 5.74) is 0.295. The number of aromatic amines is 1. The van der Waals surface area contributed by atoms with Gasteiger partial charge in [0.1, 0.15) is 57.7 Å². The number of anilines is 2. The van der Waals surface area contributed by atoms with E-state index in [1.54, 1.807) is 70.4 Å². The highest BCUT2D eigenvalue weighted by Gasteiger charge is 2.36. The van der Waals surface area contributed by atoms with Crippen molar-refractivity contribution >= 4 is 111 Å². The zero-order valence-electron chi connectivity index (χ0n) is 71.6. The number of carbonyl (C=O) groups is 3. The van der Waals surface area contributed by atoms with Crippen molar-refractivity contribution in [3.8, 4) is 80.9 Å². The number of carbonyl (C=O) groups excluding carboxylic acids is 11. The third-order valence-corrected chi connectivity index (χ3v) is 15.7. The molecule has 0 fully saturated rings. The Balaban J connectivity index is -0.000000529. The quantitative estimate of drug-likeness (QED) is 0.00927. The van der Waals surface area contributed by atoms with E-state index in [0.29, 0.717) is 81.4 Å². The highest BCUT2D eigenvalue weighted by atomic mass is 35.5. The van der Waals surface area contributed by atoms with Crippen molar-refractivity contribution in [1.29, 1.82) is 0 Å². The van der Waals surface area contributed by atoms with Crippen LogP contribution in [0.2, 0.25) is 20.1 Å². The van der Waals surface area contributed by atoms with E-state index in [0.717, 1.165) is 56.3 Å². The van der Waals surface area contributed by atoms with Gasteiger partial charge in [0.25, 0.3) is 34.6 Å². The number of nitrogens with one attached hydrogen (secondary N) is 2. The molecule has 0 spiro atoms. The van der Waals surface area contributed by atoms with E-state index >= 15 is 0 Å². The molecule has 0 saturated carbocycles. The third kappa shape index (κ3) is 46.7. The number of nitrogens with zero attached hydrogens (tertiary/aromatic N) is 7. The van der Waals surface area contributed by atoms with Crippen LogP contribution in [0.15, 0.2) is 165 Å². The molecule has 0 aliphatic heterocycles. The number of amides is 1. The number of nitrogen functional groups attached to an aromatic ring is 1. The van der Waals surface area contributed by atoms with Crippen molar-refractivity contribution in [1.82, 2.24) is 38.6 Å². The molecule has 37 nitrogen and oxygen atoms in total. The normalized spacial score (nSPS) is 9.73. The van der Waals surface area contributed by atoms with Crippen LogP contribution in [0.4, 0.5) is 64.9 Å². The minimum atomic E-state index is -4.96. The average Bonchev–Trinajstić information content (AvgIpc) is 0.768. The minimum Gasteiger partial charge on any atom is -0.475 e. The van der Waals surface area contributed by atoms with Gasteiger partial charge in [-0.05, 0) is 126 Å². The number of pyridine rings is 4. The van der Waals surface area contributed by atoms with Crippen LogP contribution in [0.3, 0.4) is 0 Å². The zero-order valence-corrected chi connectivity index (χ0v) is 75.4. The van der Waals surface area contributed by atoms with Crippen LogP contribution >= 0.6 is 58.0 Å².